The highest BCUT2D eigenvalue weighted by Crippen LogP contribution is 2.43. The Hall–Kier alpha value is -1.77. The number of fused-ring (bicyclic) bond motifs is 1. The molecule has 1 aromatic carbocycles. The molecule has 0 atom stereocenters. The topological polar surface area (TPSA) is 31.2 Å². The Morgan fingerprint density at radius 3 is 2.55 bits per heavy atom. The zero-order valence-corrected chi connectivity index (χ0v) is 14.0. The Bertz CT molecular complexity index is 706. The standard InChI is InChI=1S/C19H25NO2/c1-12(2)18-17(13-7-5-6-8-13)15-10-9-14(19(21)22-4)11-16(15)20(18)3/h9-13H,5-8H2,1-4H3. The van der Waals surface area contributed by atoms with Crippen LogP contribution in [0.4, 0.5) is 0 Å². The summed E-state index contributed by atoms with van der Waals surface area (Å²) in [5, 5.41) is 1.31. The highest BCUT2D eigenvalue weighted by molar-refractivity contribution is 5.96. The molecule has 0 unspecified atom stereocenters. The third-order valence-corrected chi connectivity index (χ3v) is 5.02. The van der Waals surface area contributed by atoms with Crippen LogP contribution in [0.2, 0.25) is 0 Å². The summed E-state index contributed by atoms with van der Waals surface area (Å²) in [6.45, 7) is 4.52. The fourth-order valence-electron chi connectivity index (χ4n) is 4.07. The number of ether oxygens (including phenoxy) is 1. The molecule has 1 heterocycles. The fraction of sp³-hybridized carbons (Fsp3) is 0.526. The molecule has 1 fully saturated rings. The van der Waals surface area contributed by atoms with Crippen molar-refractivity contribution in [1.29, 1.82) is 0 Å². The number of carbonyl (C=O) groups is 1. The van der Waals surface area contributed by atoms with Gasteiger partial charge in [0.05, 0.1) is 12.7 Å². The summed E-state index contributed by atoms with van der Waals surface area (Å²) >= 11 is 0. The van der Waals surface area contributed by atoms with Gasteiger partial charge in [0.15, 0.2) is 0 Å². The number of benzene rings is 1. The summed E-state index contributed by atoms with van der Waals surface area (Å²) in [4.78, 5) is 11.8. The largest absolute Gasteiger partial charge is 0.465 e. The van der Waals surface area contributed by atoms with E-state index in [2.05, 4.69) is 31.5 Å². The van der Waals surface area contributed by atoms with Gasteiger partial charge in [0.2, 0.25) is 0 Å². The molecule has 3 rings (SSSR count). The molecular formula is C19H25NO2. The average molecular weight is 299 g/mol. The van der Waals surface area contributed by atoms with Crippen molar-refractivity contribution < 1.29 is 9.53 Å². The van der Waals surface area contributed by atoms with Gasteiger partial charge in [-0.2, -0.15) is 0 Å². The van der Waals surface area contributed by atoms with E-state index in [4.69, 9.17) is 4.74 Å². The van der Waals surface area contributed by atoms with Crippen molar-refractivity contribution in [2.75, 3.05) is 7.11 Å². The SMILES string of the molecule is COC(=O)c1ccc2c(C3CCCC3)c(C(C)C)n(C)c2c1. The summed E-state index contributed by atoms with van der Waals surface area (Å²) in [6.07, 6.45) is 5.24. The van der Waals surface area contributed by atoms with E-state index < -0.39 is 0 Å². The fourth-order valence-corrected chi connectivity index (χ4v) is 4.07. The first-order valence-corrected chi connectivity index (χ1v) is 8.25. The molecule has 1 aliphatic carbocycles. The minimum absolute atomic E-state index is 0.267. The van der Waals surface area contributed by atoms with Gasteiger partial charge in [-0.3, -0.25) is 0 Å². The van der Waals surface area contributed by atoms with Crippen LogP contribution in [-0.2, 0) is 11.8 Å². The van der Waals surface area contributed by atoms with Crippen molar-refractivity contribution in [3.8, 4) is 0 Å². The van der Waals surface area contributed by atoms with Gasteiger partial charge in [-0.15, -0.1) is 0 Å². The third-order valence-electron chi connectivity index (χ3n) is 5.02. The van der Waals surface area contributed by atoms with Crippen LogP contribution in [0.25, 0.3) is 10.9 Å². The van der Waals surface area contributed by atoms with Crippen molar-refractivity contribution in [3.05, 3.63) is 35.0 Å². The van der Waals surface area contributed by atoms with Crippen LogP contribution in [0.5, 0.6) is 0 Å². The number of carbonyl (C=O) groups excluding carboxylic acids is 1. The average Bonchev–Trinajstić information content (AvgIpc) is 3.12. The molecule has 0 radical (unpaired) electrons. The summed E-state index contributed by atoms with van der Waals surface area (Å²) < 4.78 is 7.14. The van der Waals surface area contributed by atoms with Gasteiger partial charge in [-0.25, -0.2) is 4.79 Å². The lowest BCUT2D eigenvalue weighted by Gasteiger charge is -2.16. The maximum atomic E-state index is 11.8. The molecule has 1 saturated carbocycles. The molecule has 118 valence electrons. The summed E-state index contributed by atoms with van der Waals surface area (Å²) in [6, 6.07) is 5.99. The maximum Gasteiger partial charge on any atom is 0.337 e. The van der Waals surface area contributed by atoms with Crippen LogP contribution >= 0.6 is 0 Å². The maximum absolute atomic E-state index is 11.8. The molecule has 0 bridgehead atoms. The van der Waals surface area contributed by atoms with Gasteiger partial charge in [0.1, 0.15) is 0 Å². The molecular weight excluding hydrogens is 274 g/mol. The van der Waals surface area contributed by atoms with E-state index in [0.29, 0.717) is 17.4 Å². The van der Waals surface area contributed by atoms with Gasteiger partial charge >= 0.3 is 5.97 Å². The van der Waals surface area contributed by atoms with E-state index in [-0.39, 0.29) is 5.97 Å². The van der Waals surface area contributed by atoms with E-state index in [1.165, 1.54) is 49.4 Å². The minimum Gasteiger partial charge on any atom is -0.465 e. The van der Waals surface area contributed by atoms with Gasteiger partial charge < -0.3 is 9.30 Å². The highest BCUT2D eigenvalue weighted by Gasteiger charge is 2.27. The molecule has 3 nitrogen and oxygen atoms in total. The highest BCUT2D eigenvalue weighted by atomic mass is 16.5. The number of rotatable bonds is 3. The number of aryl methyl sites for hydroxylation is 1. The Labute approximate surface area is 132 Å². The van der Waals surface area contributed by atoms with Crippen LogP contribution in [0.15, 0.2) is 18.2 Å². The van der Waals surface area contributed by atoms with Crippen molar-refractivity contribution in [2.24, 2.45) is 7.05 Å². The zero-order valence-electron chi connectivity index (χ0n) is 14.0. The second-order valence-corrected chi connectivity index (χ2v) is 6.72. The molecule has 1 aliphatic rings. The second kappa shape index (κ2) is 5.79. The van der Waals surface area contributed by atoms with Crippen molar-refractivity contribution >= 4 is 16.9 Å². The molecule has 1 aromatic heterocycles. The lowest BCUT2D eigenvalue weighted by Crippen LogP contribution is -2.04. The molecule has 0 saturated heterocycles. The van der Waals surface area contributed by atoms with Gasteiger partial charge in [0, 0.05) is 23.6 Å². The number of hydrogen-bond donors (Lipinski definition) is 0. The van der Waals surface area contributed by atoms with E-state index in [9.17, 15) is 4.79 Å². The molecule has 0 spiro atoms. The summed E-state index contributed by atoms with van der Waals surface area (Å²) in [7, 11) is 3.55. The van der Waals surface area contributed by atoms with Crippen LogP contribution in [-0.4, -0.2) is 17.6 Å². The third kappa shape index (κ3) is 2.33. The summed E-state index contributed by atoms with van der Waals surface area (Å²) in [5.74, 6) is 0.885. The Morgan fingerprint density at radius 2 is 1.95 bits per heavy atom. The minimum atomic E-state index is -0.267. The number of aromatic nitrogens is 1. The van der Waals surface area contributed by atoms with Crippen LogP contribution in [0.3, 0.4) is 0 Å². The lowest BCUT2D eigenvalue weighted by atomic mass is 9.91. The van der Waals surface area contributed by atoms with E-state index in [1.54, 1.807) is 0 Å². The lowest BCUT2D eigenvalue weighted by molar-refractivity contribution is 0.0601. The Balaban J connectivity index is 2.23. The quantitative estimate of drug-likeness (QED) is 0.766. The first-order chi connectivity index (χ1) is 10.5. The molecule has 0 aliphatic heterocycles. The van der Waals surface area contributed by atoms with E-state index in [0.717, 1.165) is 5.52 Å². The number of nitrogens with zero attached hydrogens (tertiary/aromatic N) is 1. The molecule has 3 heteroatoms. The first-order valence-electron chi connectivity index (χ1n) is 8.25. The van der Waals surface area contributed by atoms with E-state index in [1.807, 2.05) is 12.1 Å². The van der Waals surface area contributed by atoms with Crippen LogP contribution in [0, 0.1) is 0 Å². The predicted octanol–water partition coefficient (Wildman–Crippen LogP) is 4.75. The molecule has 0 N–H and O–H groups in total. The molecule has 2 aromatic rings. The normalized spacial score (nSPS) is 15.9. The van der Waals surface area contributed by atoms with Crippen molar-refractivity contribution in [2.45, 2.75) is 51.4 Å². The molecule has 0 amide bonds. The van der Waals surface area contributed by atoms with Gasteiger partial charge in [-0.05, 0) is 42.4 Å². The number of hydrogen-bond acceptors (Lipinski definition) is 2. The first kappa shape index (κ1) is 15.1. The van der Waals surface area contributed by atoms with Gasteiger partial charge in [-0.1, -0.05) is 32.8 Å². The smallest absolute Gasteiger partial charge is 0.337 e. The predicted molar refractivity (Wildman–Crippen MR) is 89.6 cm³/mol. The van der Waals surface area contributed by atoms with Crippen LogP contribution in [0.1, 0.15) is 73.0 Å². The number of esters is 1. The van der Waals surface area contributed by atoms with Crippen molar-refractivity contribution in [1.82, 2.24) is 4.57 Å². The van der Waals surface area contributed by atoms with Crippen LogP contribution < -0.4 is 0 Å². The zero-order chi connectivity index (χ0) is 15.9. The molecule has 22 heavy (non-hydrogen) atoms. The number of methoxy groups -OCH3 is 1. The Morgan fingerprint density at radius 1 is 1.27 bits per heavy atom. The van der Waals surface area contributed by atoms with E-state index >= 15 is 0 Å². The second-order valence-electron chi connectivity index (χ2n) is 6.72. The van der Waals surface area contributed by atoms with Gasteiger partial charge in [0.25, 0.3) is 0 Å². The van der Waals surface area contributed by atoms with Crippen molar-refractivity contribution in [3.63, 3.8) is 0 Å². The Kier molecular flexibility index (Phi) is 3.98. The summed E-state index contributed by atoms with van der Waals surface area (Å²) in [5.41, 5.74) is 4.71. The monoisotopic (exact) mass is 299 g/mol.